The minimum absolute atomic E-state index is 0.238. The molecular formula is C16H22BrFN4. The van der Waals surface area contributed by atoms with E-state index >= 15 is 0 Å². The average molecular weight is 369 g/mol. The maximum atomic E-state index is 13.5. The lowest BCUT2D eigenvalue weighted by atomic mass is 10.2. The van der Waals surface area contributed by atoms with E-state index < -0.39 is 0 Å². The molecule has 1 aromatic carbocycles. The summed E-state index contributed by atoms with van der Waals surface area (Å²) >= 11 is 3.17. The van der Waals surface area contributed by atoms with Crippen LogP contribution in [0.1, 0.15) is 24.8 Å². The Hall–Kier alpha value is -1.14. The van der Waals surface area contributed by atoms with Crippen LogP contribution in [0.3, 0.4) is 0 Å². The number of guanidine groups is 1. The first kappa shape index (κ1) is 15.7. The minimum atomic E-state index is -0.238. The van der Waals surface area contributed by atoms with Crippen LogP contribution in [0, 0.1) is 5.82 Å². The molecule has 2 N–H and O–H groups in total. The van der Waals surface area contributed by atoms with E-state index in [1.807, 2.05) is 6.07 Å². The van der Waals surface area contributed by atoms with Crippen LogP contribution < -0.4 is 10.6 Å². The summed E-state index contributed by atoms with van der Waals surface area (Å²) in [4.78, 5) is 6.83. The summed E-state index contributed by atoms with van der Waals surface area (Å²) < 4.78 is 14.0. The van der Waals surface area contributed by atoms with Crippen molar-refractivity contribution in [3.8, 4) is 0 Å². The lowest BCUT2D eigenvalue weighted by Gasteiger charge is -2.18. The first-order valence-electron chi connectivity index (χ1n) is 7.81. The van der Waals surface area contributed by atoms with Crippen LogP contribution in [0.2, 0.25) is 0 Å². The highest BCUT2D eigenvalue weighted by molar-refractivity contribution is 9.10. The van der Waals surface area contributed by atoms with Gasteiger partial charge in [-0.15, -0.1) is 0 Å². The highest BCUT2D eigenvalue weighted by Crippen LogP contribution is 2.29. The SMILES string of the molecule is CN=C(NCc1ccc(Br)c(F)c1)NC1CCN(C2CC2)C1. The van der Waals surface area contributed by atoms with Gasteiger partial charge in [-0.2, -0.15) is 0 Å². The fraction of sp³-hybridized carbons (Fsp3) is 0.562. The fourth-order valence-electron chi connectivity index (χ4n) is 2.90. The van der Waals surface area contributed by atoms with Crippen molar-refractivity contribution in [2.75, 3.05) is 20.1 Å². The molecule has 1 atom stereocenters. The Labute approximate surface area is 139 Å². The van der Waals surface area contributed by atoms with Crippen molar-refractivity contribution >= 4 is 21.9 Å². The maximum absolute atomic E-state index is 13.5. The van der Waals surface area contributed by atoms with Gasteiger partial charge in [-0.1, -0.05) is 6.07 Å². The molecule has 1 aliphatic heterocycles. The van der Waals surface area contributed by atoms with E-state index in [1.165, 1.54) is 25.5 Å². The Balaban J connectivity index is 1.48. The fourth-order valence-corrected chi connectivity index (χ4v) is 3.15. The van der Waals surface area contributed by atoms with E-state index in [2.05, 4.69) is 36.5 Å². The molecule has 1 heterocycles. The van der Waals surface area contributed by atoms with E-state index in [1.54, 1.807) is 13.1 Å². The molecule has 3 rings (SSSR count). The van der Waals surface area contributed by atoms with Crippen LogP contribution in [-0.4, -0.2) is 43.1 Å². The lowest BCUT2D eigenvalue weighted by Crippen LogP contribution is -2.44. The second-order valence-electron chi connectivity index (χ2n) is 6.03. The van der Waals surface area contributed by atoms with E-state index in [9.17, 15) is 4.39 Å². The number of rotatable bonds is 4. The molecule has 22 heavy (non-hydrogen) atoms. The Morgan fingerprint density at radius 1 is 1.41 bits per heavy atom. The van der Waals surface area contributed by atoms with Gasteiger partial charge in [0.25, 0.3) is 0 Å². The van der Waals surface area contributed by atoms with Gasteiger partial charge in [0.15, 0.2) is 5.96 Å². The van der Waals surface area contributed by atoms with E-state index in [-0.39, 0.29) is 5.82 Å². The minimum Gasteiger partial charge on any atom is -0.352 e. The molecule has 1 aliphatic carbocycles. The molecule has 6 heteroatoms. The number of halogens is 2. The van der Waals surface area contributed by atoms with Crippen molar-refractivity contribution in [3.63, 3.8) is 0 Å². The van der Waals surface area contributed by atoms with Gasteiger partial charge >= 0.3 is 0 Å². The van der Waals surface area contributed by atoms with E-state index in [0.717, 1.165) is 30.5 Å². The van der Waals surface area contributed by atoms with Crippen LogP contribution in [0.4, 0.5) is 4.39 Å². The van der Waals surface area contributed by atoms with Crippen LogP contribution in [0.5, 0.6) is 0 Å². The monoisotopic (exact) mass is 368 g/mol. The van der Waals surface area contributed by atoms with Gasteiger partial charge < -0.3 is 10.6 Å². The van der Waals surface area contributed by atoms with Crippen molar-refractivity contribution < 1.29 is 4.39 Å². The van der Waals surface area contributed by atoms with Crippen LogP contribution >= 0.6 is 15.9 Å². The number of benzene rings is 1. The van der Waals surface area contributed by atoms with Crippen molar-refractivity contribution in [3.05, 3.63) is 34.1 Å². The van der Waals surface area contributed by atoms with E-state index in [4.69, 9.17) is 0 Å². The first-order chi connectivity index (χ1) is 10.7. The van der Waals surface area contributed by atoms with Gasteiger partial charge in [-0.05, 0) is 52.9 Å². The van der Waals surface area contributed by atoms with E-state index in [0.29, 0.717) is 17.1 Å². The molecule has 2 fully saturated rings. The Morgan fingerprint density at radius 2 is 2.23 bits per heavy atom. The number of hydrogen-bond donors (Lipinski definition) is 2. The van der Waals surface area contributed by atoms with Crippen LogP contribution in [0.15, 0.2) is 27.7 Å². The smallest absolute Gasteiger partial charge is 0.191 e. The highest BCUT2D eigenvalue weighted by Gasteiger charge is 2.34. The maximum Gasteiger partial charge on any atom is 0.191 e. The van der Waals surface area contributed by atoms with Gasteiger partial charge in [-0.25, -0.2) is 4.39 Å². The normalized spacial score (nSPS) is 22.9. The number of hydrogen-bond acceptors (Lipinski definition) is 2. The van der Waals surface area contributed by atoms with Gasteiger partial charge in [0.2, 0.25) is 0 Å². The Morgan fingerprint density at radius 3 is 2.91 bits per heavy atom. The summed E-state index contributed by atoms with van der Waals surface area (Å²) in [6, 6.07) is 6.44. The zero-order valence-electron chi connectivity index (χ0n) is 12.8. The molecule has 1 aromatic rings. The molecular weight excluding hydrogens is 347 g/mol. The summed E-state index contributed by atoms with van der Waals surface area (Å²) in [7, 11) is 1.77. The van der Waals surface area contributed by atoms with Gasteiger partial charge in [0.1, 0.15) is 5.82 Å². The second kappa shape index (κ2) is 6.96. The summed E-state index contributed by atoms with van der Waals surface area (Å²) in [5.41, 5.74) is 0.898. The molecule has 1 saturated carbocycles. The number of nitrogens with zero attached hydrogens (tertiary/aromatic N) is 2. The molecule has 0 spiro atoms. The summed E-state index contributed by atoms with van der Waals surface area (Å²) in [5.74, 6) is 0.545. The molecule has 0 amide bonds. The van der Waals surface area contributed by atoms with Crippen molar-refractivity contribution in [1.29, 1.82) is 0 Å². The quantitative estimate of drug-likeness (QED) is 0.633. The standard InChI is InChI=1S/C16H22BrFN4/c1-19-16(20-9-11-2-5-14(17)15(18)8-11)21-12-6-7-22(10-12)13-3-4-13/h2,5,8,12-13H,3-4,6-7,9-10H2,1H3,(H2,19,20,21). The molecule has 0 aromatic heterocycles. The molecule has 2 aliphatic rings. The molecule has 0 bridgehead atoms. The third-order valence-electron chi connectivity index (χ3n) is 4.29. The van der Waals surface area contributed by atoms with Crippen LogP contribution in [0.25, 0.3) is 0 Å². The van der Waals surface area contributed by atoms with Gasteiger partial charge in [-0.3, -0.25) is 9.89 Å². The largest absolute Gasteiger partial charge is 0.352 e. The molecule has 120 valence electrons. The highest BCUT2D eigenvalue weighted by atomic mass is 79.9. The van der Waals surface area contributed by atoms with Crippen LogP contribution in [-0.2, 0) is 6.54 Å². The first-order valence-corrected chi connectivity index (χ1v) is 8.60. The zero-order chi connectivity index (χ0) is 15.5. The summed E-state index contributed by atoms with van der Waals surface area (Å²) in [6.07, 6.45) is 3.87. The molecule has 4 nitrogen and oxygen atoms in total. The van der Waals surface area contributed by atoms with Crippen molar-refractivity contribution in [2.24, 2.45) is 4.99 Å². The third kappa shape index (κ3) is 3.98. The van der Waals surface area contributed by atoms with Gasteiger partial charge in [0, 0.05) is 38.8 Å². The number of aliphatic imine (C=N–C) groups is 1. The average Bonchev–Trinajstić information content (AvgIpc) is 3.27. The number of nitrogens with one attached hydrogen (secondary N) is 2. The summed E-state index contributed by atoms with van der Waals surface area (Å²) in [5, 5.41) is 6.73. The molecule has 1 unspecified atom stereocenters. The second-order valence-corrected chi connectivity index (χ2v) is 6.88. The Kier molecular flexibility index (Phi) is 4.98. The lowest BCUT2D eigenvalue weighted by molar-refractivity contribution is 0.321. The topological polar surface area (TPSA) is 39.7 Å². The van der Waals surface area contributed by atoms with Crippen molar-refractivity contribution in [2.45, 2.75) is 37.9 Å². The number of likely N-dealkylation sites (tertiary alicyclic amines) is 1. The third-order valence-corrected chi connectivity index (χ3v) is 4.93. The summed E-state index contributed by atoms with van der Waals surface area (Å²) in [6.45, 7) is 2.83. The zero-order valence-corrected chi connectivity index (χ0v) is 14.4. The molecule has 1 saturated heterocycles. The van der Waals surface area contributed by atoms with Crippen molar-refractivity contribution in [1.82, 2.24) is 15.5 Å². The Bertz CT molecular complexity index is 559. The predicted molar refractivity (Wildman–Crippen MR) is 90.4 cm³/mol. The molecule has 0 radical (unpaired) electrons. The predicted octanol–water partition coefficient (Wildman–Crippen LogP) is 2.49. The van der Waals surface area contributed by atoms with Gasteiger partial charge in [0.05, 0.1) is 4.47 Å².